The Balaban J connectivity index is 1.39. The molecular weight excluding hydrogens is 441 g/mol. The zero-order chi connectivity index (χ0) is 24.1. The topological polar surface area (TPSA) is 56.4 Å². The Morgan fingerprint density at radius 1 is 0.971 bits per heavy atom. The number of piperazine rings is 1. The standard InChI is InChI=1S/C29H26FN3O2/c1-18-6-2-3-7-21(18)28-27-23(22-8-4-5-9-24(22)31-27)16-25-29(35)32(17-26(34)33(25)28)15-14-19-10-12-20(30)13-11-19/h2-13,25,28,31H,14-17H2,1H3/t25-,28?/m0/s1. The summed E-state index contributed by atoms with van der Waals surface area (Å²) in [5, 5.41) is 1.10. The number of aromatic nitrogens is 1. The molecule has 0 radical (unpaired) electrons. The first kappa shape index (κ1) is 21.6. The second-order valence-corrected chi connectivity index (χ2v) is 9.48. The lowest BCUT2D eigenvalue weighted by Crippen LogP contribution is -2.63. The number of para-hydroxylation sites is 1. The van der Waals surface area contributed by atoms with Crippen LogP contribution in [0.2, 0.25) is 0 Å². The van der Waals surface area contributed by atoms with Crippen molar-refractivity contribution >= 4 is 22.7 Å². The van der Waals surface area contributed by atoms with E-state index in [2.05, 4.69) is 17.1 Å². The highest BCUT2D eigenvalue weighted by molar-refractivity contribution is 5.97. The molecule has 0 spiro atoms. The van der Waals surface area contributed by atoms with Crippen LogP contribution >= 0.6 is 0 Å². The van der Waals surface area contributed by atoms with Crippen LogP contribution in [-0.2, 0) is 22.4 Å². The van der Waals surface area contributed by atoms with Crippen molar-refractivity contribution in [3.05, 3.63) is 107 Å². The molecule has 176 valence electrons. The van der Waals surface area contributed by atoms with E-state index in [4.69, 9.17) is 0 Å². The summed E-state index contributed by atoms with van der Waals surface area (Å²) >= 11 is 0. The van der Waals surface area contributed by atoms with Gasteiger partial charge in [0.25, 0.3) is 0 Å². The summed E-state index contributed by atoms with van der Waals surface area (Å²) in [7, 11) is 0. The zero-order valence-electron chi connectivity index (χ0n) is 19.5. The second-order valence-electron chi connectivity index (χ2n) is 9.48. The predicted octanol–water partition coefficient (Wildman–Crippen LogP) is 4.54. The van der Waals surface area contributed by atoms with Gasteiger partial charge in [0.15, 0.2) is 0 Å². The first-order valence-electron chi connectivity index (χ1n) is 12.0. The Kier molecular flexibility index (Phi) is 5.17. The van der Waals surface area contributed by atoms with Crippen LogP contribution < -0.4 is 0 Å². The fourth-order valence-corrected chi connectivity index (χ4v) is 5.65. The average Bonchev–Trinajstić information content (AvgIpc) is 3.24. The van der Waals surface area contributed by atoms with E-state index < -0.39 is 6.04 Å². The van der Waals surface area contributed by atoms with Gasteiger partial charge < -0.3 is 14.8 Å². The Labute approximate surface area is 203 Å². The predicted molar refractivity (Wildman–Crippen MR) is 132 cm³/mol. The molecule has 0 saturated carbocycles. The highest BCUT2D eigenvalue weighted by atomic mass is 19.1. The molecule has 5 nitrogen and oxygen atoms in total. The van der Waals surface area contributed by atoms with Gasteiger partial charge in [0.05, 0.1) is 12.6 Å². The van der Waals surface area contributed by atoms with Gasteiger partial charge in [-0.05, 0) is 53.8 Å². The van der Waals surface area contributed by atoms with Crippen LogP contribution in [0.5, 0.6) is 0 Å². The molecule has 0 aliphatic carbocycles. The van der Waals surface area contributed by atoms with Gasteiger partial charge in [-0.1, -0.05) is 54.6 Å². The molecule has 1 aromatic heterocycles. The number of benzene rings is 3. The lowest BCUT2D eigenvalue weighted by molar-refractivity contribution is -0.158. The van der Waals surface area contributed by atoms with E-state index in [-0.39, 0.29) is 30.2 Å². The summed E-state index contributed by atoms with van der Waals surface area (Å²) in [6, 6.07) is 21.6. The second kappa shape index (κ2) is 8.38. The van der Waals surface area contributed by atoms with Crippen molar-refractivity contribution in [1.29, 1.82) is 0 Å². The minimum Gasteiger partial charge on any atom is -0.356 e. The molecule has 1 N–H and O–H groups in total. The van der Waals surface area contributed by atoms with Gasteiger partial charge in [0, 0.05) is 29.6 Å². The van der Waals surface area contributed by atoms with E-state index in [0.717, 1.165) is 38.9 Å². The molecule has 1 saturated heterocycles. The van der Waals surface area contributed by atoms with Crippen LogP contribution in [0.25, 0.3) is 10.9 Å². The molecular formula is C29H26FN3O2. The lowest BCUT2D eigenvalue weighted by Gasteiger charge is -2.47. The number of H-pyrrole nitrogens is 1. The number of hydrogen-bond acceptors (Lipinski definition) is 2. The van der Waals surface area contributed by atoms with Gasteiger partial charge in [0.2, 0.25) is 11.8 Å². The van der Waals surface area contributed by atoms with Crippen LogP contribution in [0.15, 0.2) is 72.8 Å². The van der Waals surface area contributed by atoms with Crippen LogP contribution in [0.3, 0.4) is 0 Å². The van der Waals surface area contributed by atoms with Crippen LogP contribution in [0.1, 0.15) is 34.0 Å². The van der Waals surface area contributed by atoms with Crippen molar-refractivity contribution in [2.75, 3.05) is 13.1 Å². The zero-order valence-corrected chi connectivity index (χ0v) is 19.5. The van der Waals surface area contributed by atoms with E-state index in [1.54, 1.807) is 21.9 Å². The van der Waals surface area contributed by atoms with Crippen LogP contribution in [-0.4, -0.2) is 45.7 Å². The number of aryl methyl sites for hydroxylation is 1. The highest BCUT2D eigenvalue weighted by Crippen LogP contribution is 2.43. The average molecular weight is 468 g/mol. The molecule has 6 heteroatoms. The fraction of sp³-hybridized carbons (Fsp3) is 0.241. The summed E-state index contributed by atoms with van der Waals surface area (Å²) in [6.07, 6.45) is 1.06. The summed E-state index contributed by atoms with van der Waals surface area (Å²) in [6.45, 7) is 2.53. The Morgan fingerprint density at radius 2 is 1.71 bits per heavy atom. The molecule has 3 aromatic carbocycles. The largest absolute Gasteiger partial charge is 0.356 e. The molecule has 35 heavy (non-hydrogen) atoms. The minimum atomic E-state index is -0.555. The van der Waals surface area contributed by atoms with Gasteiger partial charge in [-0.25, -0.2) is 4.39 Å². The summed E-state index contributed by atoms with van der Waals surface area (Å²) in [4.78, 5) is 34.4. The quantitative estimate of drug-likeness (QED) is 0.479. The van der Waals surface area contributed by atoms with Crippen molar-refractivity contribution in [3.63, 3.8) is 0 Å². The van der Waals surface area contributed by atoms with Crippen molar-refractivity contribution in [2.45, 2.75) is 31.8 Å². The van der Waals surface area contributed by atoms with Crippen LogP contribution in [0, 0.1) is 12.7 Å². The van der Waals surface area contributed by atoms with Gasteiger partial charge >= 0.3 is 0 Å². The van der Waals surface area contributed by atoms with E-state index >= 15 is 0 Å². The number of carbonyl (C=O) groups is 2. The van der Waals surface area contributed by atoms with Crippen molar-refractivity contribution < 1.29 is 14.0 Å². The summed E-state index contributed by atoms with van der Waals surface area (Å²) in [5.74, 6) is -0.361. The number of aromatic amines is 1. The molecule has 3 heterocycles. The van der Waals surface area contributed by atoms with Crippen molar-refractivity contribution in [1.82, 2.24) is 14.8 Å². The van der Waals surface area contributed by atoms with Crippen LogP contribution in [0.4, 0.5) is 4.39 Å². The van der Waals surface area contributed by atoms with Crippen molar-refractivity contribution in [3.8, 4) is 0 Å². The molecule has 2 aliphatic heterocycles. The van der Waals surface area contributed by atoms with E-state index in [1.807, 2.05) is 43.3 Å². The Bertz CT molecular complexity index is 1440. The number of rotatable bonds is 4. The SMILES string of the molecule is Cc1ccccc1C1c2[nH]c3ccccc3c2C[C@H]2C(=O)N(CCc3ccc(F)cc3)CC(=O)N12. The molecule has 2 atom stereocenters. The minimum absolute atomic E-state index is 0.0266. The summed E-state index contributed by atoms with van der Waals surface area (Å²) in [5.41, 5.74) is 6.18. The number of nitrogens with zero attached hydrogens (tertiary/aromatic N) is 2. The molecule has 1 fully saturated rings. The van der Waals surface area contributed by atoms with Gasteiger partial charge in [-0.3, -0.25) is 9.59 Å². The number of hydrogen-bond donors (Lipinski definition) is 1. The number of amides is 2. The fourth-order valence-electron chi connectivity index (χ4n) is 5.65. The van der Waals surface area contributed by atoms with Crippen molar-refractivity contribution in [2.24, 2.45) is 0 Å². The summed E-state index contributed by atoms with van der Waals surface area (Å²) < 4.78 is 13.3. The number of carbonyl (C=O) groups excluding carboxylic acids is 2. The Morgan fingerprint density at radius 3 is 2.51 bits per heavy atom. The van der Waals surface area contributed by atoms with Gasteiger partial charge in [-0.15, -0.1) is 0 Å². The maximum Gasteiger partial charge on any atom is 0.246 e. The number of halogens is 1. The normalized spacial score (nSPS) is 19.7. The molecule has 0 bridgehead atoms. The molecule has 6 rings (SSSR count). The first-order valence-corrected chi connectivity index (χ1v) is 12.0. The maximum atomic E-state index is 13.8. The number of nitrogens with one attached hydrogen (secondary N) is 1. The first-order chi connectivity index (χ1) is 17.0. The van der Waals surface area contributed by atoms with E-state index in [9.17, 15) is 14.0 Å². The maximum absolute atomic E-state index is 13.8. The highest BCUT2D eigenvalue weighted by Gasteiger charge is 2.48. The lowest BCUT2D eigenvalue weighted by atomic mass is 9.85. The van der Waals surface area contributed by atoms with Gasteiger partial charge in [0.1, 0.15) is 11.9 Å². The molecule has 4 aromatic rings. The van der Waals surface area contributed by atoms with E-state index in [1.165, 1.54) is 12.1 Å². The van der Waals surface area contributed by atoms with E-state index in [0.29, 0.717) is 19.4 Å². The number of fused-ring (bicyclic) bond motifs is 4. The monoisotopic (exact) mass is 467 g/mol. The molecule has 2 aliphatic rings. The third-order valence-electron chi connectivity index (χ3n) is 7.41. The smallest absolute Gasteiger partial charge is 0.246 e. The third-order valence-corrected chi connectivity index (χ3v) is 7.41. The molecule has 1 unspecified atom stereocenters. The Hall–Kier alpha value is -3.93. The molecule has 2 amide bonds. The third kappa shape index (κ3) is 3.60. The van der Waals surface area contributed by atoms with Gasteiger partial charge in [-0.2, -0.15) is 0 Å².